The van der Waals surface area contributed by atoms with Crippen molar-refractivity contribution in [3.05, 3.63) is 24.3 Å². The fraction of sp³-hybridized carbons (Fsp3) is 0.911. The zero-order chi connectivity index (χ0) is 49.0. The number of allylic oxidation sites excluding steroid dienone is 4. The summed E-state index contributed by atoms with van der Waals surface area (Å²) in [6.07, 6.45) is 43.0. The van der Waals surface area contributed by atoms with Crippen LogP contribution in [0.2, 0.25) is 0 Å². The molecule has 396 valence electrons. The number of hydrogen-bond acceptors (Lipinski definition) is 10. The van der Waals surface area contributed by atoms with Crippen molar-refractivity contribution in [3.63, 3.8) is 0 Å². The van der Waals surface area contributed by atoms with Crippen LogP contribution in [0.3, 0.4) is 0 Å². The van der Waals surface area contributed by atoms with E-state index in [-0.39, 0.29) is 12.8 Å². The third-order valence-electron chi connectivity index (χ3n) is 13.7. The number of aliphatic hydroxyl groups is 7. The number of carbonyl (C=O) groups excluding carboxylic acids is 1. The Morgan fingerprint density at radius 1 is 0.507 bits per heavy atom. The molecule has 1 aliphatic rings. The van der Waals surface area contributed by atoms with Gasteiger partial charge in [0.15, 0.2) is 6.29 Å². The van der Waals surface area contributed by atoms with Crippen LogP contribution in [0.1, 0.15) is 258 Å². The summed E-state index contributed by atoms with van der Waals surface area (Å²) in [6, 6.07) is -1.19. The lowest BCUT2D eigenvalue weighted by molar-refractivity contribution is -0.303. The molecule has 9 atom stereocenters. The van der Waals surface area contributed by atoms with Gasteiger partial charge in [-0.25, -0.2) is 0 Å². The van der Waals surface area contributed by atoms with Crippen LogP contribution in [0.4, 0.5) is 0 Å². The van der Waals surface area contributed by atoms with Gasteiger partial charge < -0.3 is 50.5 Å². The molecule has 1 saturated heterocycles. The predicted octanol–water partition coefficient (Wildman–Crippen LogP) is 11.3. The van der Waals surface area contributed by atoms with Crippen LogP contribution in [0.5, 0.6) is 0 Å². The monoisotopic (exact) mass is 954 g/mol. The molecule has 11 heteroatoms. The molecular weight excluding hydrogens is 847 g/mol. The minimum Gasteiger partial charge on any atom is -0.394 e. The van der Waals surface area contributed by atoms with Crippen LogP contribution in [-0.2, 0) is 14.3 Å². The van der Waals surface area contributed by atoms with Gasteiger partial charge in [0.2, 0.25) is 5.91 Å². The van der Waals surface area contributed by atoms with Gasteiger partial charge in [-0.1, -0.05) is 231 Å². The second-order valence-electron chi connectivity index (χ2n) is 20.0. The molecule has 0 radical (unpaired) electrons. The third-order valence-corrected chi connectivity index (χ3v) is 13.7. The molecule has 1 rings (SSSR count). The summed E-state index contributed by atoms with van der Waals surface area (Å²) in [5, 5.41) is 75.6. The standard InChI is InChI=1S/C56H107NO10/c1-3-5-7-9-11-13-14-15-16-17-18-19-20-21-22-23-24-25-26-27-28-29-30-31-32-33-34-35-36-38-39-41-43-48(59)51(61)47(46-66-56-54(64)53(63)52(62)50(45-58)67-56)57-55(65)49(60)44-42-40-37-12-10-8-6-4-2/h32-33,36,38,47-54,56,58-64H,3-31,34-35,37,39-46H2,1-2H3,(H,57,65)/b33-32+,38-36+. The van der Waals surface area contributed by atoms with Crippen molar-refractivity contribution in [1.82, 2.24) is 5.32 Å². The number of nitrogens with one attached hydrogen (secondary N) is 1. The first kappa shape index (κ1) is 63.6. The highest BCUT2D eigenvalue weighted by molar-refractivity contribution is 5.80. The molecule has 0 aliphatic carbocycles. The normalized spacial score (nSPS) is 20.8. The van der Waals surface area contributed by atoms with E-state index in [1.54, 1.807) is 0 Å². The van der Waals surface area contributed by atoms with Crippen LogP contribution >= 0.6 is 0 Å². The predicted molar refractivity (Wildman–Crippen MR) is 275 cm³/mol. The van der Waals surface area contributed by atoms with Crippen molar-refractivity contribution in [2.24, 2.45) is 0 Å². The molecule has 1 aliphatic heterocycles. The summed E-state index contributed by atoms with van der Waals surface area (Å²) in [6.45, 7) is 3.39. The Kier molecular flexibility index (Phi) is 43.4. The number of unbranched alkanes of at least 4 members (excludes halogenated alkanes) is 32. The van der Waals surface area contributed by atoms with Gasteiger partial charge in [-0.3, -0.25) is 4.79 Å². The smallest absolute Gasteiger partial charge is 0.249 e. The van der Waals surface area contributed by atoms with Crippen molar-refractivity contribution in [3.8, 4) is 0 Å². The SMILES string of the molecule is CCCCCCCCCCCCCCCCCCCCCCCCC/C=C/CC/C=C/CCCC(O)C(O)C(COC1OC(CO)C(O)C(O)C1O)NC(=O)C(O)CCCCCCCCCC. The molecule has 11 nitrogen and oxygen atoms in total. The van der Waals surface area contributed by atoms with Crippen LogP contribution in [0.25, 0.3) is 0 Å². The highest BCUT2D eigenvalue weighted by Gasteiger charge is 2.44. The van der Waals surface area contributed by atoms with Gasteiger partial charge in [0.05, 0.1) is 25.4 Å². The Morgan fingerprint density at radius 3 is 1.33 bits per heavy atom. The van der Waals surface area contributed by atoms with Gasteiger partial charge in [0.25, 0.3) is 0 Å². The van der Waals surface area contributed by atoms with E-state index in [0.717, 1.165) is 38.5 Å². The molecular formula is C56H107NO10. The van der Waals surface area contributed by atoms with E-state index in [4.69, 9.17) is 9.47 Å². The lowest BCUT2D eigenvalue weighted by Gasteiger charge is -2.40. The highest BCUT2D eigenvalue weighted by Crippen LogP contribution is 2.23. The third kappa shape index (κ3) is 34.5. The summed E-state index contributed by atoms with van der Waals surface area (Å²) < 4.78 is 11.1. The molecule has 0 saturated carbocycles. The minimum absolute atomic E-state index is 0.248. The maximum Gasteiger partial charge on any atom is 0.249 e. The lowest BCUT2D eigenvalue weighted by Crippen LogP contribution is -2.60. The molecule has 0 aromatic carbocycles. The van der Waals surface area contributed by atoms with E-state index in [1.165, 1.54) is 173 Å². The second kappa shape index (κ2) is 45.7. The van der Waals surface area contributed by atoms with E-state index in [0.29, 0.717) is 19.3 Å². The highest BCUT2D eigenvalue weighted by atomic mass is 16.7. The summed E-state index contributed by atoms with van der Waals surface area (Å²) in [4.78, 5) is 13.0. The molecule has 0 aromatic heterocycles. The van der Waals surface area contributed by atoms with E-state index in [9.17, 15) is 40.5 Å². The quantitative estimate of drug-likeness (QED) is 0.0215. The molecule has 8 N–H and O–H groups in total. The van der Waals surface area contributed by atoms with Crippen molar-refractivity contribution in [2.75, 3.05) is 13.2 Å². The second-order valence-corrected chi connectivity index (χ2v) is 20.0. The molecule has 9 unspecified atom stereocenters. The van der Waals surface area contributed by atoms with Crippen molar-refractivity contribution in [1.29, 1.82) is 0 Å². The van der Waals surface area contributed by atoms with Crippen LogP contribution in [-0.4, -0.2) is 110 Å². The fourth-order valence-corrected chi connectivity index (χ4v) is 9.11. The number of aliphatic hydroxyl groups excluding tert-OH is 7. The fourth-order valence-electron chi connectivity index (χ4n) is 9.11. The number of amides is 1. The molecule has 0 spiro atoms. The molecule has 67 heavy (non-hydrogen) atoms. The van der Waals surface area contributed by atoms with Crippen molar-refractivity contribution < 1.29 is 50.0 Å². The van der Waals surface area contributed by atoms with Gasteiger partial charge in [-0.05, 0) is 51.4 Å². The zero-order valence-electron chi connectivity index (χ0n) is 43.1. The molecule has 1 amide bonds. The van der Waals surface area contributed by atoms with Gasteiger partial charge >= 0.3 is 0 Å². The van der Waals surface area contributed by atoms with Gasteiger partial charge in [-0.2, -0.15) is 0 Å². The summed E-state index contributed by atoms with van der Waals surface area (Å²) in [5.41, 5.74) is 0. The van der Waals surface area contributed by atoms with E-state index >= 15 is 0 Å². The Hall–Kier alpha value is -1.41. The largest absolute Gasteiger partial charge is 0.394 e. The number of rotatable bonds is 48. The molecule has 0 bridgehead atoms. The van der Waals surface area contributed by atoms with Crippen molar-refractivity contribution in [2.45, 2.75) is 313 Å². The lowest BCUT2D eigenvalue weighted by atomic mass is 9.98. The van der Waals surface area contributed by atoms with Gasteiger partial charge in [0, 0.05) is 0 Å². The Balaban J connectivity index is 2.20. The Labute approximate surface area is 410 Å². The van der Waals surface area contributed by atoms with Crippen molar-refractivity contribution >= 4 is 5.91 Å². The maximum absolute atomic E-state index is 13.0. The number of carbonyl (C=O) groups is 1. The van der Waals surface area contributed by atoms with E-state index in [2.05, 4.69) is 43.5 Å². The first-order chi connectivity index (χ1) is 32.7. The topological polar surface area (TPSA) is 189 Å². The molecule has 1 fully saturated rings. The first-order valence-electron chi connectivity index (χ1n) is 28.2. The van der Waals surface area contributed by atoms with Crippen LogP contribution < -0.4 is 5.32 Å². The summed E-state index contributed by atoms with van der Waals surface area (Å²) >= 11 is 0. The molecule has 1 heterocycles. The van der Waals surface area contributed by atoms with E-state index < -0.39 is 74.2 Å². The van der Waals surface area contributed by atoms with Gasteiger partial charge in [-0.15, -0.1) is 0 Å². The van der Waals surface area contributed by atoms with Crippen LogP contribution in [0, 0.1) is 0 Å². The Morgan fingerprint density at radius 2 is 0.896 bits per heavy atom. The average molecular weight is 954 g/mol. The molecule has 0 aromatic rings. The number of ether oxygens (including phenoxy) is 2. The van der Waals surface area contributed by atoms with Crippen LogP contribution in [0.15, 0.2) is 24.3 Å². The maximum atomic E-state index is 13.0. The number of hydrogen-bond donors (Lipinski definition) is 8. The Bertz CT molecular complexity index is 1140. The average Bonchev–Trinajstić information content (AvgIpc) is 3.33. The van der Waals surface area contributed by atoms with Gasteiger partial charge in [0.1, 0.15) is 36.6 Å². The summed E-state index contributed by atoms with van der Waals surface area (Å²) in [5.74, 6) is -0.713. The first-order valence-corrected chi connectivity index (χ1v) is 28.2. The zero-order valence-corrected chi connectivity index (χ0v) is 43.1. The summed E-state index contributed by atoms with van der Waals surface area (Å²) in [7, 11) is 0. The minimum atomic E-state index is -1.67. The van der Waals surface area contributed by atoms with E-state index in [1.807, 2.05) is 0 Å².